The molecule has 1 N–H and O–H groups in total. The van der Waals surface area contributed by atoms with E-state index < -0.39 is 17.8 Å². The minimum absolute atomic E-state index is 0.119. The number of fused-ring (bicyclic) bond motifs is 1. The van der Waals surface area contributed by atoms with Crippen molar-refractivity contribution in [3.63, 3.8) is 0 Å². The number of hydrogen-bond donors (Lipinski definition) is 1. The smallest absolute Gasteiger partial charge is 0.335 e. The number of urea groups is 1. The van der Waals surface area contributed by atoms with Crippen molar-refractivity contribution in [1.29, 1.82) is 0 Å². The minimum Gasteiger partial charge on any atom is -0.454 e. The third kappa shape index (κ3) is 2.78. The van der Waals surface area contributed by atoms with E-state index in [2.05, 4.69) is 5.32 Å². The van der Waals surface area contributed by atoms with Crippen LogP contribution in [0.3, 0.4) is 0 Å². The van der Waals surface area contributed by atoms with E-state index in [-0.39, 0.29) is 12.4 Å². The molecule has 0 aromatic heterocycles. The van der Waals surface area contributed by atoms with Crippen molar-refractivity contribution in [2.24, 2.45) is 0 Å². The Morgan fingerprint density at radius 3 is 2.50 bits per heavy atom. The zero-order chi connectivity index (χ0) is 18.3. The summed E-state index contributed by atoms with van der Waals surface area (Å²) in [7, 11) is 0. The highest BCUT2D eigenvalue weighted by atomic mass is 35.5. The molecule has 2 aliphatic rings. The van der Waals surface area contributed by atoms with Gasteiger partial charge >= 0.3 is 6.03 Å². The quantitative estimate of drug-likeness (QED) is 0.649. The van der Waals surface area contributed by atoms with Gasteiger partial charge in [0.15, 0.2) is 11.5 Å². The lowest BCUT2D eigenvalue weighted by atomic mass is 10.1. The highest BCUT2D eigenvalue weighted by molar-refractivity contribution is 6.39. The maximum atomic E-state index is 12.8. The van der Waals surface area contributed by atoms with Crippen molar-refractivity contribution in [2.75, 3.05) is 11.7 Å². The van der Waals surface area contributed by atoms with Gasteiger partial charge in [-0.3, -0.25) is 14.9 Å². The van der Waals surface area contributed by atoms with Crippen LogP contribution in [0.25, 0.3) is 6.08 Å². The number of halogens is 1. The number of anilines is 1. The molecule has 130 valence electrons. The molecule has 0 aliphatic carbocycles. The standard InChI is InChI=1S/C18H11ClN2O5/c19-11-2-4-12(5-3-11)21-17(23)13(16(22)20-18(21)24)7-10-1-6-14-15(8-10)26-9-25-14/h1-8H,9H2,(H,20,22,24)/b13-7-. The predicted octanol–water partition coefficient (Wildman–Crippen LogP) is 2.74. The van der Waals surface area contributed by atoms with Crippen LogP contribution in [0.5, 0.6) is 11.5 Å². The van der Waals surface area contributed by atoms with E-state index in [0.29, 0.717) is 27.8 Å². The van der Waals surface area contributed by atoms with E-state index in [9.17, 15) is 14.4 Å². The van der Waals surface area contributed by atoms with E-state index in [1.807, 2.05) is 0 Å². The third-order valence-electron chi connectivity index (χ3n) is 3.89. The SMILES string of the molecule is O=C1NC(=O)N(c2ccc(Cl)cc2)C(=O)/C1=C\c1ccc2c(c1)OCO2. The molecule has 8 heteroatoms. The zero-order valence-electron chi connectivity index (χ0n) is 13.2. The average Bonchev–Trinajstić information content (AvgIpc) is 3.08. The second kappa shape index (κ2) is 6.20. The molecule has 0 spiro atoms. The normalized spacial score (nSPS) is 17.7. The highest BCUT2D eigenvalue weighted by Crippen LogP contribution is 2.33. The number of hydrogen-bond acceptors (Lipinski definition) is 5. The van der Waals surface area contributed by atoms with E-state index in [4.69, 9.17) is 21.1 Å². The van der Waals surface area contributed by atoms with Crippen molar-refractivity contribution >= 4 is 41.2 Å². The minimum atomic E-state index is -0.815. The van der Waals surface area contributed by atoms with Gasteiger partial charge in [-0.05, 0) is 48.0 Å². The lowest BCUT2D eigenvalue weighted by molar-refractivity contribution is -0.122. The average molecular weight is 371 g/mol. The van der Waals surface area contributed by atoms with Crippen LogP contribution in [-0.4, -0.2) is 24.6 Å². The molecule has 7 nitrogen and oxygen atoms in total. The van der Waals surface area contributed by atoms with E-state index in [1.54, 1.807) is 30.3 Å². The van der Waals surface area contributed by atoms with Gasteiger partial charge in [0.25, 0.3) is 11.8 Å². The Kier molecular flexibility index (Phi) is 3.85. The van der Waals surface area contributed by atoms with Gasteiger partial charge in [-0.2, -0.15) is 0 Å². The Balaban J connectivity index is 1.71. The van der Waals surface area contributed by atoms with Gasteiger partial charge in [-0.25, -0.2) is 9.69 Å². The summed E-state index contributed by atoms with van der Waals surface area (Å²) >= 11 is 5.84. The van der Waals surface area contributed by atoms with Crippen LogP contribution in [0, 0.1) is 0 Å². The molecule has 0 bridgehead atoms. The number of nitrogens with zero attached hydrogens (tertiary/aromatic N) is 1. The zero-order valence-corrected chi connectivity index (χ0v) is 13.9. The number of carbonyl (C=O) groups excluding carboxylic acids is 3. The second-order valence-electron chi connectivity index (χ2n) is 5.55. The molecule has 1 fully saturated rings. The van der Waals surface area contributed by atoms with Crippen molar-refractivity contribution in [2.45, 2.75) is 0 Å². The van der Waals surface area contributed by atoms with Crippen molar-refractivity contribution in [3.05, 3.63) is 58.6 Å². The summed E-state index contributed by atoms with van der Waals surface area (Å²) in [6, 6.07) is 10.3. The molecule has 0 unspecified atom stereocenters. The largest absolute Gasteiger partial charge is 0.454 e. The topological polar surface area (TPSA) is 84.9 Å². The Labute approximate surface area is 152 Å². The third-order valence-corrected chi connectivity index (χ3v) is 4.15. The number of benzene rings is 2. The summed E-state index contributed by atoms with van der Waals surface area (Å²) in [6.07, 6.45) is 1.40. The molecule has 26 heavy (non-hydrogen) atoms. The van der Waals surface area contributed by atoms with Gasteiger partial charge in [0.2, 0.25) is 6.79 Å². The maximum Gasteiger partial charge on any atom is 0.335 e. The molecule has 2 heterocycles. The summed E-state index contributed by atoms with van der Waals surface area (Å²) < 4.78 is 10.5. The van der Waals surface area contributed by atoms with Gasteiger partial charge in [0.1, 0.15) is 5.57 Å². The van der Waals surface area contributed by atoms with Crippen LogP contribution >= 0.6 is 11.6 Å². The second-order valence-corrected chi connectivity index (χ2v) is 5.98. The maximum absolute atomic E-state index is 12.8. The Hall–Kier alpha value is -3.32. The lowest BCUT2D eigenvalue weighted by Crippen LogP contribution is -2.54. The first kappa shape index (κ1) is 16.2. The first-order valence-corrected chi connectivity index (χ1v) is 7.97. The van der Waals surface area contributed by atoms with Gasteiger partial charge in [0, 0.05) is 5.02 Å². The predicted molar refractivity (Wildman–Crippen MR) is 93.0 cm³/mol. The van der Waals surface area contributed by atoms with Gasteiger partial charge in [0.05, 0.1) is 5.69 Å². The van der Waals surface area contributed by atoms with Crippen LogP contribution in [0.15, 0.2) is 48.0 Å². The number of carbonyl (C=O) groups is 3. The molecule has 2 aromatic rings. The van der Waals surface area contributed by atoms with Crippen molar-refractivity contribution < 1.29 is 23.9 Å². The fourth-order valence-electron chi connectivity index (χ4n) is 2.65. The van der Waals surface area contributed by atoms with Crippen LogP contribution in [0.2, 0.25) is 5.02 Å². The summed E-state index contributed by atoms with van der Waals surface area (Å²) in [5.74, 6) is -0.375. The molecule has 1 saturated heterocycles. The molecular weight excluding hydrogens is 360 g/mol. The van der Waals surface area contributed by atoms with Crippen LogP contribution in [0.4, 0.5) is 10.5 Å². The number of nitrogens with one attached hydrogen (secondary N) is 1. The monoisotopic (exact) mass is 370 g/mol. The molecule has 4 amide bonds. The van der Waals surface area contributed by atoms with Crippen LogP contribution < -0.4 is 19.7 Å². The summed E-state index contributed by atoms with van der Waals surface area (Å²) in [5, 5.41) is 2.63. The molecule has 2 aromatic carbocycles. The molecule has 0 atom stereocenters. The number of rotatable bonds is 2. The summed E-state index contributed by atoms with van der Waals surface area (Å²) in [4.78, 5) is 37.9. The molecule has 0 saturated carbocycles. The van der Waals surface area contributed by atoms with E-state index in [1.165, 1.54) is 18.2 Å². The summed E-state index contributed by atoms with van der Waals surface area (Å²) in [6.45, 7) is 0.119. The Morgan fingerprint density at radius 2 is 1.73 bits per heavy atom. The number of barbiturate groups is 1. The van der Waals surface area contributed by atoms with Crippen molar-refractivity contribution in [3.8, 4) is 11.5 Å². The molecular formula is C18H11ClN2O5. The Bertz CT molecular complexity index is 968. The van der Waals surface area contributed by atoms with E-state index >= 15 is 0 Å². The fourth-order valence-corrected chi connectivity index (χ4v) is 2.78. The number of amides is 4. The molecule has 4 rings (SSSR count). The van der Waals surface area contributed by atoms with Crippen molar-refractivity contribution in [1.82, 2.24) is 5.32 Å². The van der Waals surface area contributed by atoms with Crippen LogP contribution in [-0.2, 0) is 9.59 Å². The highest BCUT2D eigenvalue weighted by Gasteiger charge is 2.36. The first-order chi connectivity index (χ1) is 12.5. The summed E-state index contributed by atoms with van der Waals surface area (Å²) in [5.41, 5.74) is 0.706. The Morgan fingerprint density at radius 1 is 1.00 bits per heavy atom. The van der Waals surface area contributed by atoms with E-state index in [0.717, 1.165) is 4.90 Å². The van der Waals surface area contributed by atoms with Gasteiger partial charge in [-0.1, -0.05) is 17.7 Å². The fraction of sp³-hybridized carbons (Fsp3) is 0.0556. The molecule has 2 aliphatic heterocycles. The van der Waals surface area contributed by atoms with Crippen LogP contribution in [0.1, 0.15) is 5.56 Å². The number of imide groups is 2. The number of ether oxygens (including phenoxy) is 2. The van der Waals surface area contributed by atoms with Gasteiger partial charge < -0.3 is 9.47 Å². The molecule has 0 radical (unpaired) electrons. The van der Waals surface area contributed by atoms with Gasteiger partial charge in [-0.15, -0.1) is 0 Å². The lowest BCUT2D eigenvalue weighted by Gasteiger charge is -2.26. The first-order valence-electron chi connectivity index (χ1n) is 7.59.